The number of aliphatic carboxylic acids is 2. The van der Waals surface area contributed by atoms with Gasteiger partial charge in [-0.2, -0.15) is 12.6 Å². The minimum atomic E-state index is -1.33. The Balaban J connectivity index is 2.07. The molecular formula is C21H27N5O7S. The van der Waals surface area contributed by atoms with E-state index in [9.17, 15) is 29.1 Å². The van der Waals surface area contributed by atoms with Gasteiger partial charge in [-0.05, 0) is 18.1 Å². The number of carbonyl (C=O) groups excluding carboxylic acids is 3. The van der Waals surface area contributed by atoms with E-state index in [-0.39, 0.29) is 18.6 Å². The van der Waals surface area contributed by atoms with Crippen LogP contribution in [0.15, 0.2) is 30.5 Å². The normalized spacial score (nSPS) is 13.5. The Morgan fingerprint density at radius 2 is 1.74 bits per heavy atom. The number of hydrogen-bond donors (Lipinski definition) is 8. The average molecular weight is 494 g/mol. The molecule has 0 aliphatic rings. The van der Waals surface area contributed by atoms with Gasteiger partial charge in [0.25, 0.3) is 0 Å². The number of aromatic nitrogens is 1. The van der Waals surface area contributed by atoms with Crippen molar-refractivity contribution in [2.24, 2.45) is 5.73 Å². The lowest BCUT2D eigenvalue weighted by molar-refractivity contribution is -0.143. The van der Waals surface area contributed by atoms with Crippen molar-refractivity contribution < 1.29 is 34.2 Å². The Morgan fingerprint density at radius 3 is 2.38 bits per heavy atom. The van der Waals surface area contributed by atoms with E-state index >= 15 is 0 Å². The van der Waals surface area contributed by atoms with Crippen LogP contribution in [0.5, 0.6) is 0 Å². The summed E-state index contributed by atoms with van der Waals surface area (Å²) in [6.45, 7) is -0.505. The van der Waals surface area contributed by atoms with Gasteiger partial charge in [-0.1, -0.05) is 18.2 Å². The molecule has 184 valence electrons. The molecule has 34 heavy (non-hydrogen) atoms. The van der Waals surface area contributed by atoms with Crippen LogP contribution in [0.2, 0.25) is 0 Å². The van der Waals surface area contributed by atoms with Gasteiger partial charge in [0.2, 0.25) is 17.7 Å². The molecule has 8 N–H and O–H groups in total. The number of hydrogen-bond acceptors (Lipinski definition) is 7. The second-order valence-corrected chi connectivity index (χ2v) is 7.89. The Morgan fingerprint density at radius 1 is 1.03 bits per heavy atom. The number of carbonyl (C=O) groups is 5. The first-order chi connectivity index (χ1) is 16.1. The molecule has 1 heterocycles. The molecule has 3 amide bonds. The molecule has 0 aliphatic heterocycles. The summed E-state index contributed by atoms with van der Waals surface area (Å²) in [6, 6.07) is 3.67. The Bertz CT molecular complexity index is 1060. The van der Waals surface area contributed by atoms with E-state index in [1.807, 2.05) is 18.2 Å². The number of nitrogens with one attached hydrogen (secondary N) is 4. The number of amides is 3. The van der Waals surface area contributed by atoms with Crippen LogP contribution in [-0.2, 0) is 30.4 Å². The van der Waals surface area contributed by atoms with Crippen molar-refractivity contribution in [2.45, 2.75) is 37.4 Å². The third-order valence-corrected chi connectivity index (χ3v) is 5.36. The van der Waals surface area contributed by atoms with Gasteiger partial charge in [-0.3, -0.25) is 19.2 Å². The third kappa shape index (κ3) is 7.78. The van der Waals surface area contributed by atoms with Gasteiger partial charge < -0.3 is 36.9 Å². The Hall–Kier alpha value is -3.58. The molecule has 1 aromatic carbocycles. The first-order valence-electron chi connectivity index (χ1n) is 10.4. The number of aromatic amines is 1. The van der Waals surface area contributed by atoms with Gasteiger partial charge in [-0.15, -0.1) is 0 Å². The summed E-state index contributed by atoms with van der Waals surface area (Å²) >= 11 is 3.88. The zero-order valence-corrected chi connectivity index (χ0v) is 19.0. The lowest BCUT2D eigenvalue weighted by Gasteiger charge is -2.21. The number of para-hydroxylation sites is 1. The molecule has 2 aromatic rings. The van der Waals surface area contributed by atoms with Crippen molar-refractivity contribution in [1.82, 2.24) is 20.9 Å². The van der Waals surface area contributed by atoms with Crippen LogP contribution in [0.4, 0.5) is 0 Å². The molecule has 0 saturated carbocycles. The second-order valence-electron chi connectivity index (χ2n) is 7.52. The Labute approximate surface area is 200 Å². The van der Waals surface area contributed by atoms with Gasteiger partial charge in [0.1, 0.15) is 12.1 Å². The lowest BCUT2D eigenvalue weighted by Crippen LogP contribution is -2.54. The van der Waals surface area contributed by atoms with Crippen LogP contribution in [0, 0.1) is 0 Å². The van der Waals surface area contributed by atoms with Crippen LogP contribution in [0.3, 0.4) is 0 Å². The molecule has 1 aromatic heterocycles. The molecule has 3 unspecified atom stereocenters. The van der Waals surface area contributed by atoms with Gasteiger partial charge >= 0.3 is 11.9 Å². The number of nitrogens with two attached hydrogens (primary N) is 1. The molecule has 3 atom stereocenters. The maximum absolute atomic E-state index is 12.8. The quantitative estimate of drug-likeness (QED) is 0.162. The van der Waals surface area contributed by atoms with Crippen LogP contribution >= 0.6 is 12.6 Å². The van der Waals surface area contributed by atoms with E-state index in [2.05, 4.69) is 33.6 Å². The summed E-state index contributed by atoms with van der Waals surface area (Å²) in [5.41, 5.74) is 6.97. The zero-order chi connectivity index (χ0) is 25.3. The molecule has 12 nitrogen and oxygen atoms in total. The van der Waals surface area contributed by atoms with Crippen molar-refractivity contribution in [2.75, 3.05) is 12.3 Å². The summed E-state index contributed by atoms with van der Waals surface area (Å²) < 4.78 is 0. The van der Waals surface area contributed by atoms with Crippen molar-refractivity contribution >= 4 is 53.2 Å². The molecule has 0 saturated heterocycles. The fourth-order valence-electron chi connectivity index (χ4n) is 3.16. The topological polar surface area (TPSA) is 204 Å². The van der Waals surface area contributed by atoms with Crippen LogP contribution in [0.25, 0.3) is 10.9 Å². The second kappa shape index (κ2) is 12.6. The van der Waals surface area contributed by atoms with Gasteiger partial charge in [0.15, 0.2) is 0 Å². The number of fused-ring (bicyclic) bond motifs is 1. The van der Waals surface area contributed by atoms with E-state index in [0.29, 0.717) is 5.56 Å². The number of benzene rings is 1. The molecule has 2 rings (SSSR count). The third-order valence-electron chi connectivity index (χ3n) is 4.97. The van der Waals surface area contributed by atoms with Crippen LogP contribution in [-0.4, -0.2) is 75.3 Å². The van der Waals surface area contributed by atoms with Gasteiger partial charge in [0, 0.05) is 35.7 Å². The molecule has 0 fully saturated rings. The zero-order valence-electron chi connectivity index (χ0n) is 18.1. The smallest absolute Gasteiger partial charge is 0.326 e. The summed E-state index contributed by atoms with van der Waals surface area (Å²) in [4.78, 5) is 62.5. The first-order valence-corrected chi connectivity index (χ1v) is 11.0. The maximum atomic E-state index is 12.8. The molecule has 0 radical (unpaired) electrons. The minimum Gasteiger partial charge on any atom is -0.481 e. The molecule has 0 bridgehead atoms. The highest BCUT2D eigenvalue weighted by Gasteiger charge is 2.28. The first kappa shape index (κ1) is 26.7. The number of H-pyrrole nitrogens is 1. The molecular weight excluding hydrogens is 466 g/mol. The summed E-state index contributed by atoms with van der Waals surface area (Å²) in [6.07, 6.45) is 0.878. The maximum Gasteiger partial charge on any atom is 0.326 e. The highest BCUT2D eigenvalue weighted by atomic mass is 32.1. The number of thiol groups is 1. The summed E-state index contributed by atoms with van der Waals surface area (Å²) in [7, 11) is 0. The van der Waals surface area contributed by atoms with Crippen molar-refractivity contribution in [3.05, 3.63) is 36.0 Å². The highest BCUT2D eigenvalue weighted by Crippen LogP contribution is 2.19. The number of carboxylic acid groups (broad SMARTS) is 2. The van der Waals surface area contributed by atoms with Crippen LogP contribution < -0.4 is 21.7 Å². The summed E-state index contributed by atoms with van der Waals surface area (Å²) in [5, 5.41) is 26.4. The van der Waals surface area contributed by atoms with E-state index in [4.69, 9.17) is 10.8 Å². The van der Waals surface area contributed by atoms with E-state index in [1.54, 1.807) is 12.3 Å². The van der Waals surface area contributed by atoms with Crippen molar-refractivity contribution in [3.8, 4) is 0 Å². The Kier molecular flexibility index (Phi) is 9.89. The predicted molar refractivity (Wildman–Crippen MR) is 125 cm³/mol. The largest absolute Gasteiger partial charge is 0.481 e. The molecule has 0 aliphatic carbocycles. The van der Waals surface area contributed by atoms with E-state index < -0.39 is 60.8 Å². The van der Waals surface area contributed by atoms with Crippen LogP contribution in [0.1, 0.15) is 18.4 Å². The number of rotatable bonds is 13. The number of carboxylic acids is 2. The van der Waals surface area contributed by atoms with E-state index in [1.165, 1.54) is 0 Å². The molecule has 13 heteroatoms. The minimum absolute atomic E-state index is 0.0393. The standard InChI is InChI=1S/C21H27N5O7S/c22-13(10-34)19(30)24-9-17(27)25-15(5-6-18(28)29)20(31)26-16(21(32)33)7-11-8-23-14-4-2-1-3-12(11)14/h1-4,8,13,15-16,23,34H,5-7,9-10,22H2,(H,24,30)(H,25,27)(H,26,31)(H,28,29)(H,32,33). The van der Waals surface area contributed by atoms with Gasteiger partial charge in [0.05, 0.1) is 12.6 Å². The monoisotopic (exact) mass is 493 g/mol. The SMILES string of the molecule is NC(CS)C(=O)NCC(=O)NC(CCC(=O)O)C(=O)NC(Cc1c[nH]c2ccccc12)C(=O)O. The van der Waals surface area contributed by atoms with Crippen molar-refractivity contribution in [3.63, 3.8) is 0 Å². The van der Waals surface area contributed by atoms with E-state index in [0.717, 1.165) is 10.9 Å². The fraction of sp³-hybridized carbons (Fsp3) is 0.381. The predicted octanol–water partition coefficient (Wildman–Crippen LogP) is -0.997. The average Bonchev–Trinajstić information content (AvgIpc) is 3.21. The fourth-order valence-corrected chi connectivity index (χ4v) is 3.32. The van der Waals surface area contributed by atoms with Crippen molar-refractivity contribution in [1.29, 1.82) is 0 Å². The molecule has 0 spiro atoms. The lowest BCUT2D eigenvalue weighted by atomic mass is 10.0. The highest BCUT2D eigenvalue weighted by molar-refractivity contribution is 7.80. The summed E-state index contributed by atoms with van der Waals surface area (Å²) in [5.74, 6) is -4.69. The van der Waals surface area contributed by atoms with Gasteiger partial charge in [-0.25, -0.2) is 4.79 Å².